The average molecular weight is 380 g/mol. The predicted molar refractivity (Wildman–Crippen MR) is 110 cm³/mol. The van der Waals surface area contributed by atoms with Crippen LogP contribution < -0.4 is 4.74 Å². The third kappa shape index (κ3) is 2.50. The molecule has 0 amide bonds. The summed E-state index contributed by atoms with van der Waals surface area (Å²) in [6, 6.07) is 2.36. The number of Topliss-reactive ketones (excluding diaryl/α,β-unsaturated/α-hetero) is 1. The van der Waals surface area contributed by atoms with E-state index < -0.39 is 0 Å². The molecule has 1 saturated heterocycles. The highest BCUT2D eigenvalue weighted by molar-refractivity contribution is 5.83. The summed E-state index contributed by atoms with van der Waals surface area (Å²) in [7, 11) is 1.60. The molecule has 4 heteroatoms. The first-order valence-electron chi connectivity index (χ1n) is 10.5. The molecule has 0 spiro atoms. The monoisotopic (exact) mass is 379 g/mol. The fourth-order valence-corrected chi connectivity index (χ4v) is 6.27. The lowest BCUT2D eigenvalue weighted by Crippen LogP contribution is -2.62. The predicted octanol–water partition coefficient (Wildman–Crippen LogP) is 4.00. The minimum absolute atomic E-state index is 0.249. The van der Waals surface area contributed by atoms with Crippen molar-refractivity contribution in [3.05, 3.63) is 41.0 Å². The van der Waals surface area contributed by atoms with Crippen LogP contribution in [0.4, 0.5) is 0 Å². The summed E-state index contributed by atoms with van der Waals surface area (Å²) in [4.78, 5) is 15.3. The number of hydrogen-bond donors (Lipinski definition) is 1. The Hall–Kier alpha value is -2.07. The van der Waals surface area contributed by atoms with E-state index in [1.807, 2.05) is 13.0 Å². The van der Waals surface area contributed by atoms with Crippen molar-refractivity contribution >= 4 is 11.4 Å². The molecule has 1 heterocycles. The number of piperidine rings is 1. The average Bonchev–Trinajstić information content (AvgIpc) is 3.47. The zero-order chi connectivity index (χ0) is 19.6. The van der Waals surface area contributed by atoms with Gasteiger partial charge in [-0.15, -0.1) is 0 Å². The lowest BCUT2D eigenvalue weighted by molar-refractivity contribution is -0.127. The van der Waals surface area contributed by atoms with Crippen LogP contribution in [0.1, 0.15) is 55.7 Å². The maximum absolute atomic E-state index is 12.6. The first-order chi connectivity index (χ1) is 13.4. The van der Waals surface area contributed by atoms with Crippen LogP contribution >= 0.6 is 0 Å². The van der Waals surface area contributed by atoms with Crippen molar-refractivity contribution in [2.45, 2.75) is 56.9 Å². The molecule has 1 N–H and O–H groups in total. The van der Waals surface area contributed by atoms with Gasteiger partial charge in [0.1, 0.15) is 5.78 Å². The first-order valence-corrected chi connectivity index (χ1v) is 10.5. The Morgan fingerprint density at radius 3 is 2.93 bits per heavy atom. The number of ketones is 1. The topological polar surface area (TPSA) is 49.8 Å². The van der Waals surface area contributed by atoms with Gasteiger partial charge in [-0.1, -0.05) is 23.8 Å². The molecule has 2 fully saturated rings. The minimum atomic E-state index is -0.259. The van der Waals surface area contributed by atoms with E-state index in [2.05, 4.69) is 17.6 Å². The van der Waals surface area contributed by atoms with E-state index in [-0.39, 0.29) is 11.2 Å². The number of methoxy groups -OCH3 is 1. The van der Waals surface area contributed by atoms with Crippen LogP contribution in [0.25, 0.3) is 5.57 Å². The molecule has 4 aliphatic rings. The van der Waals surface area contributed by atoms with Crippen molar-refractivity contribution in [3.8, 4) is 11.5 Å². The van der Waals surface area contributed by atoms with Gasteiger partial charge >= 0.3 is 0 Å². The molecule has 0 radical (unpaired) electrons. The lowest BCUT2D eigenvalue weighted by atomic mass is 9.51. The van der Waals surface area contributed by atoms with E-state index in [9.17, 15) is 9.90 Å². The van der Waals surface area contributed by atoms with Gasteiger partial charge in [0, 0.05) is 36.4 Å². The van der Waals surface area contributed by atoms with E-state index in [1.165, 1.54) is 5.56 Å². The number of aromatic hydroxyl groups is 1. The fraction of sp³-hybridized carbons (Fsp3) is 0.542. The number of ether oxygens (including phenoxy) is 1. The van der Waals surface area contributed by atoms with E-state index in [0.717, 1.165) is 55.5 Å². The molecule has 1 saturated carbocycles. The zero-order valence-electron chi connectivity index (χ0n) is 16.9. The first kappa shape index (κ1) is 18.0. The highest BCUT2D eigenvalue weighted by atomic mass is 16.5. The Morgan fingerprint density at radius 1 is 1.46 bits per heavy atom. The molecule has 4 nitrogen and oxygen atoms in total. The van der Waals surface area contributed by atoms with Gasteiger partial charge in [0.2, 0.25) is 0 Å². The number of benzene rings is 1. The molecular formula is C24H29NO3. The van der Waals surface area contributed by atoms with Crippen molar-refractivity contribution in [2.75, 3.05) is 20.2 Å². The number of carbonyl (C=O) groups excluding carboxylic acids is 1. The molecule has 28 heavy (non-hydrogen) atoms. The van der Waals surface area contributed by atoms with Crippen molar-refractivity contribution in [2.24, 2.45) is 5.92 Å². The van der Waals surface area contributed by atoms with Crippen LogP contribution in [0.2, 0.25) is 0 Å². The van der Waals surface area contributed by atoms with Gasteiger partial charge in [0.05, 0.1) is 7.11 Å². The van der Waals surface area contributed by atoms with Gasteiger partial charge in [-0.05, 0) is 62.3 Å². The maximum Gasteiger partial charge on any atom is 0.161 e. The number of rotatable bonds is 4. The molecule has 2 unspecified atom stereocenters. The van der Waals surface area contributed by atoms with Crippen molar-refractivity contribution in [1.29, 1.82) is 0 Å². The number of fused-ring (bicyclic) bond motifs is 1. The molecule has 3 atom stereocenters. The normalized spacial score (nSPS) is 30.9. The fourth-order valence-electron chi connectivity index (χ4n) is 6.27. The Morgan fingerprint density at radius 2 is 2.25 bits per heavy atom. The number of carbonyl (C=O) groups is 1. The van der Waals surface area contributed by atoms with Gasteiger partial charge in [-0.25, -0.2) is 0 Å². The maximum atomic E-state index is 12.6. The summed E-state index contributed by atoms with van der Waals surface area (Å²) in [5, 5.41) is 11.2. The number of nitrogens with zero attached hydrogens (tertiary/aromatic N) is 1. The Labute approximate surface area is 166 Å². The van der Waals surface area contributed by atoms with Crippen molar-refractivity contribution in [1.82, 2.24) is 4.90 Å². The summed E-state index contributed by atoms with van der Waals surface area (Å²) in [5.41, 5.74) is 5.53. The van der Waals surface area contributed by atoms with E-state index in [4.69, 9.17) is 4.74 Å². The molecule has 2 bridgehead atoms. The van der Waals surface area contributed by atoms with Gasteiger partial charge in [0.25, 0.3) is 0 Å². The second kappa shape index (κ2) is 6.21. The summed E-state index contributed by atoms with van der Waals surface area (Å²) in [5.74, 6) is 1.51. The van der Waals surface area contributed by atoms with E-state index in [1.54, 1.807) is 12.7 Å². The summed E-state index contributed by atoms with van der Waals surface area (Å²) < 4.78 is 5.53. The smallest absolute Gasteiger partial charge is 0.161 e. The second-order valence-corrected chi connectivity index (χ2v) is 9.18. The molecule has 1 aromatic rings. The molecule has 1 aromatic carbocycles. The second-order valence-electron chi connectivity index (χ2n) is 9.18. The number of allylic oxidation sites excluding steroid dienone is 2. The highest BCUT2D eigenvalue weighted by Crippen LogP contribution is 2.59. The van der Waals surface area contributed by atoms with Crippen LogP contribution in [-0.4, -0.2) is 42.0 Å². The van der Waals surface area contributed by atoms with Crippen LogP contribution in [0.15, 0.2) is 24.3 Å². The summed E-state index contributed by atoms with van der Waals surface area (Å²) in [6.07, 6.45) is 7.47. The lowest BCUT2D eigenvalue weighted by Gasteiger charge is -2.59. The van der Waals surface area contributed by atoms with Gasteiger partial charge in [-0.2, -0.15) is 0 Å². The number of phenols is 1. The Balaban J connectivity index is 1.72. The van der Waals surface area contributed by atoms with Crippen LogP contribution in [0.3, 0.4) is 0 Å². The number of phenolic OH excluding ortho intramolecular Hbond substituents is 1. The van der Waals surface area contributed by atoms with Crippen LogP contribution in [-0.2, 0) is 16.6 Å². The Bertz CT molecular complexity index is 915. The molecule has 3 aliphatic carbocycles. The van der Waals surface area contributed by atoms with Crippen LogP contribution in [0, 0.1) is 5.92 Å². The van der Waals surface area contributed by atoms with Gasteiger partial charge in [0.15, 0.2) is 11.5 Å². The minimum Gasteiger partial charge on any atom is -0.504 e. The van der Waals surface area contributed by atoms with Gasteiger partial charge < -0.3 is 9.84 Å². The third-order valence-electron chi connectivity index (χ3n) is 7.60. The zero-order valence-corrected chi connectivity index (χ0v) is 16.9. The van der Waals surface area contributed by atoms with Crippen molar-refractivity contribution < 1.29 is 14.6 Å². The molecule has 148 valence electrons. The van der Waals surface area contributed by atoms with Crippen LogP contribution in [0.5, 0.6) is 11.5 Å². The summed E-state index contributed by atoms with van der Waals surface area (Å²) in [6.45, 7) is 8.27. The van der Waals surface area contributed by atoms with E-state index in [0.29, 0.717) is 36.3 Å². The van der Waals surface area contributed by atoms with Gasteiger partial charge in [-0.3, -0.25) is 9.69 Å². The molecule has 5 rings (SSSR count). The quantitative estimate of drug-likeness (QED) is 0.804. The standard InChI is InChI=1S/C24H29NO3/c1-14(2)17-11-21(28-3)23(27)22-18(17)10-20-19-7-6-16(26)12-24(19,22)8-9-25(20)13-15-4-5-15/h4,11,19-20,27H,1,5-10,12-13H2,2-3H3/t19?,20?,24-/m1/s1. The number of hydrogen-bond acceptors (Lipinski definition) is 4. The summed E-state index contributed by atoms with van der Waals surface area (Å²) >= 11 is 0. The van der Waals surface area contributed by atoms with E-state index >= 15 is 0 Å². The van der Waals surface area contributed by atoms with Crippen molar-refractivity contribution in [3.63, 3.8) is 0 Å². The SMILES string of the molecule is C=C(C)c1cc(OC)c(O)c2c1CC1C3CCC(=O)C[C@@]23CCN1CC1=CC1. The molecule has 0 aromatic heterocycles. The third-order valence-corrected chi connectivity index (χ3v) is 7.60. The molecular weight excluding hydrogens is 350 g/mol. The number of likely N-dealkylation sites (tertiary alicyclic amines) is 1. The Kier molecular flexibility index (Phi) is 3.99. The highest BCUT2D eigenvalue weighted by Gasteiger charge is 2.57. The largest absolute Gasteiger partial charge is 0.504 e. The molecule has 1 aliphatic heterocycles.